The van der Waals surface area contributed by atoms with Crippen molar-refractivity contribution in [3.63, 3.8) is 0 Å². The Bertz CT molecular complexity index is 1140. The van der Waals surface area contributed by atoms with Crippen molar-refractivity contribution < 1.29 is 13.2 Å². The van der Waals surface area contributed by atoms with Gasteiger partial charge >= 0.3 is 0 Å². The van der Waals surface area contributed by atoms with Crippen molar-refractivity contribution in [3.05, 3.63) is 84.5 Å². The lowest BCUT2D eigenvalue weighted by molar-refractivity contribution is -0.117. The number of aromatic nitrogens is 3. The smallest absolute Gasteiger partial charge is 0.244 e. The second kappa shape index (κ2) is 9.13. The minimum Gasteiger partial charge on any atom is -0.344 e. The fourth-order valence-corrected chi connectivity index (χ4v) is 5.07. The zero-order valence-corrected chi connectivity index (χ0v) is 17.6. The molecule has 0 spiro atoms. The summed E-state index contributed by atoms with van der Waals surface area (Å²) in [6, 6.07) is 16.6. The van der Waals surface area contributed by atoms with Crippen molar-refractivity contribution in [1.29, 1.82) is 0 Å². The Hall–Kier alpha value is -3.46. The highest BCUT2D eigenvalue weighted by Gasteiger charge is 2.28. The zero-order chi connectivity index (χ0) is 21.7. The number of rotatable bonds is 7. The highest BCUT2D eigenvalue weighted by atomic mass is 32.2. The first-order chi connectivity index (χ1) is 15.0. The molecule has 9 heteroatoms. The molecule has 1 amide bonds. The van der Waals surface area contributed by atoms with Crippen molar-refractivity contribution >= 4 is 27.7 Å². The summed E-state index contributed by atoms with van der Waals surface area (Å²) in [4.78, 5) is 16.5. The Kier molecular flexibility index (Phi) is 6.13. The van der Waals surface area contributed by atoms with E-state index in [1.165, 1.54) is 16.7 Å². The molecule has 0 saturated carbocycles. The summed E-state index contributed by atoms with van der Waals surface area (Å²) >= 11 is 0. The molecule has 8 nitrogen and oxygen atoms in total. The van der Waals surface area contributed by atoms with Crippen molar-refractivity contribution in [2.75, 3.05) is 16.6 Å². The molecule has 1 aliphatic heterocycles. The molecule has 1 N–H and O–H groups in total. The third kappa shape index (κ3) is 5.18. The number of carbonyl (C=O) groups is 1. The number of nitrogens with one attached hydrogen (secondary N) is 1. The number of hydrogen-bond acceptors (Lipinski definition) is 5. The Morgan fingerprint density at radius 3 is 2.55 bits per heavy atom. The van der Waals surface area contributed by atoms with E-state index in [0.29, 0.717) is 25.2 Å². The van der Waals surface area contributed by atoms with E-state index in [2.05, 4.69) is 15.4 Å². The van der Waals surface area contributed by atoms with Gasteiger partial charge < -0.3 is 5.32 Å². The predicted molar refractivity (Wildman–Crippen MR) is 119 cm³/mol. The molecule has 1 aromatic heterocycles. The number of nitrogens with zero attached hydrogens (tertiary/aromatic N) is 4. The van der Waals surface area contributed by atoms with Gasteiger partial charge in [-0.25, -0.2) is 13.4 Å². The van der Waals surface area contributed by atoms with Crippen LogP contribution < -0.4 is 9.62 Å². The molecule has 1 aliphatic rings. The summed E-state index contributed by atoms with van der Waals surface area (Å²) in [5, 5.41) is 7.13. The largest absolute Gasteiger partial charge is 0.344 e. The van der Waals surface area contributed by atoms with Crippen LogP contribution in [-0.2, 0) is 21.4 Å². The van der Waals surface area contributed by atoms with Crippen LogP contribution in [0.4, 0.5) is 5.69 Å². The molecule has 160 valence electrons. The van der Waals surface area contributed by atoms with E-state index in [1.807, 2.05) is 30.3 Å². The number of carbonyl (C=O) groups excluding carboxylic acids is 1. The average molecular weight is 438 g/mol. The normalized spacial score (nSPS) is 16.5. The monoisotopic (exact) mass is 437 g/mol. The summed E-state index contributed by atoms with van der Waals surface area (Å²) < 4.78 is 27.2. The van der Waals surface area contributed by atoms with Crippen LogP contribution in [0.15, 0.2) is 73.3 Å². The minimum atomic E-state index is -3.20. The number of amides is 1. The first kappa shape index (κ1) is 20.8. The molecule has 2 aromatic carbocycles. The molecule has 1 atom stereocenters. The summed E-state index contributed by atoms with van der Waals surface area (Å²) in [6.45, 7) is 0.967. The SMILES string of the molecule is O=C(/C=C/c1ccc(N2CCCS2(=O)=O)cc1)NC(Cn1cncn1)c1ccccc1. The first-order valence-electron chi connectivity index (χ1n) is 9.98. The van der Waals surface area contributed by atoms with E-state index in [0.717, 1.165) is 11.1 Å². The third-order valence-corrected chi connectivity index (χ3v) is 6.93. The van der Waals surface area contributed by atoms with E-state index in [-0.39, 0.29) is 17.7 Å². The molecule has 1 saturated heterocycles. The Morgan fingerprint density at radius 1 is 1.13 bits per heavy atom. The lowest BCUT2D eigenvalue weighted by Crippen LogP contribution is -2.30. The van der Waals surface area contributed by atoms with Gasteiger partial charge in [-0.15, -0.1) is 0 Å². The van der Waals surface area contributed by atoms with Gasteiger partial charge in [0.15, 0.2) is 0 Å². The molecular weight excluding hydrogens is 414 g/mol. The van der Waals surface area contributed by atoms with Gasteiger partial charge in [0.2, 0.25) is 15.9 Å². The average Bonchev–Trinajstić information content (AvgIpc) is 3.41. The molecule has 0 radical (unpaired) electrons. The number of hydrogen-bond donors (Lipinski definition) is 1. The van der Waals surface area contributed by atoms with Crippen LogP contribution in [-0.4, -0.2) is 41.4 Å². The zero-order valence-electron chi connectivity index (χ0n) is 16.8. The Balaban J connectivity index is 1.42. The summed E-state index contributed by atoms with van der Waals surface area (Å²) in [5.74, 6) is -0.0494. The van der Waals surface area contributed by atoms with E-state index in [9.17, 15) is 13.2 Å². The molecule has 1 unspecified atom stereocenters. The summed E-state index contributed by atoms with van der Waals surface area (Å²) in [6.07, 6.45) is 6.89. The number of benzene rings is 2. The highest BCUT2D eigenvalue weighted by Crippen LogP contribution is 2.24. The number of anilines is 1. The highest BCUT2D eigenvalue weighted by molar-refractivity contribution is 7.93. The van der Waals surface area contributed by atoms with Crippen LogP contribution in [0, 0.1) is 0 Å². The predicted octanol–water partition coefficient (Wildman–Crippen LogP) is 2.39. The summed E-state index contributed by atoms with van der Waals surface area (Å²) in [5.41, 5.74) is 2.43. The van der Waals surface area contributed by atoms with Gasteiger partial charge in [-0.1, -0.05) is 42.5 Å². The van der Waals surface area contributed by atoms with Gasteiger partial charge in [0.1, 0.15) is 12.7 Å². The van der Waals surface area contributed by atoms with Crippen molar-refractivity contribution in [3.8, 4) is 0 Å². The van der Waals surface area contributed by atoms with E-state index >= 15 is 0 Å². The maximum atomic E-state index is 12.6. The second-order valence-electron chi connectivity index (χ2n) is 7.26. The van der Waals surface area contributed by atoms with Crippen LogP contribution in [0.25, 0.3) is 6.08 Å². The van der Waals surface area contributed by atoms with Gasteiger partial charge in [-0.3, -0.25) is 13.8 Å². The second-order valence-corrected chi connectivity index (χ2v) is 9.27. The van der Waals surface area contributed by atoms with Crippen LogP contribution in [0.3, 0.4) is 0 Å². The van der Waals surface area contributed by atoms with Crippen molar-refractivity contribution in [1.82, 2.24) is 20.1 Å². The standard InChI is InChI=1S/C22H23N5O3S/c28-22(25-21(15-26-17-23-16-24-26)19-5-2-1-3-6-19)12-9-18-7-10-20(11-8-18)27-13-4-14-31(27,29)30/h1-3,5-12,16-17,21H,4,13-15H2,(H,25,28)/b12-9+. The fraction of sp³-hybridized carbons (Fsp3) is 0.227. The van der Waals surface area contributed by atoms with Gasteiger partial charge in [0.05, 0.1) is 24.0 Å². The fourth-order valence-electron chi connectivity index (χ4n) is 3.51. The molecule has 0 aliphatic carbocycles. The van der Waals surface area contributed by atoms with Crippen LogP contribution in [0.5, 0.6) is 0 Å². The Morgan fingerprint density at radius 2 is 1.90 bits per heavy atom. The van der Waals surface area contributed by atoms with Crippen LogP contribution in [0.2, 0.25) is 0 Å². The van der Waals surface area contributed by atoms with Crippen molar-refractivity contribution in [2.24, 2.45) is 0 Å². The minimum absolute atomic E-state index is 0.187. The molecular formula is C22H23N5O3S. The maximum absolute atomic E-state index is 12.6. The third-order valence-electron chi connectivity index (χ3n) is 5.06. The van der Waals surface area contributed by atoms with E-state index in [4.69, 9.17) is 0 Å². The molecule has 1 fully saturated rings. The lowest BCUT2D eigenvalue weighted by Gasteiger charge is -2.18. The van der Waals surface area contributed by atoms with E-state index < -0.39 is 10.0 Å². The molecule has 4 rings (SSSR count). The summed E-state index contributed by atoms with van der Waals surface area (Å²) in [7, 11) is -3.20. The van der Waals surface area contributed by atoms with Crippen molar-refractivity contribution in [2.45, 2.75) is 19.0 Å². The number of sulfonamides is 1. The maximum Gasteiger partial charge on any atom is 0.244 e. The van der Waals surface area contributed by atoms with Crippen LogP contribution in [0.1, 0.15) is 23.6 Å². The quantitative estimate of drug-likeness (QED) is 0.573. The van der Waals surface area contributed by atoms with Gasteiger partial charge in [-0.2, -0.15) is 5.10 Å². The molecule has 0 bridgehead atoms. The topological polar surface area (TPSA) is 97.2 Å². The Labute approximate surface area is 181 Å². The van der Waals surface area contributed by atoms with Gasteiger partial charge in [0.25, 0.3) is 0 Å². The van der Waals surface area contributed by atoms with Gasteiger partial charge in [-0.05, 0) is 35.8 Å². The molecule has 2 heterocycles. The van der Waals surface area contributed by atoms with Crippen LogP contribution >= 0.6 is 0 Å². The van der Waals surface area contributed by atoms with E-state index in [1.54, 1.807) is 41.4 Å². The molecule has 31 heavy (non-hydrogen) atoms. The van der Waals surface area contributed by atoms with Gasteiger partial charge in [0, 0.05) is 12.6 Å². The lowest BCUT2D eigenvalue weighted by atomic mass is 10.1. The molecule has 3 aromatic rings. The first-order valence-corrected chi connectivity index (χ1v) is 11.6.